The van der Waals surface area contributed by atoms with Gasteiger partial charge in [0.25, 0.3) is 0 Å². The quantitative estimate of drug-likeness (QED) is 0.779. The second kappa shape index (κ2) is 6.24. The summed E-state index contributed by atoms with van der Waals surface area (Å²) in [6, 6.07) is 5.67. The zero-order valence-electron chi connectivity index (χ0n) is 9.49. The van der Waals surface area contributed by atoms with Crippen molar-refractivity contribution in [3.05, 3.63) is 18.2 Å². The van der Waals surface area contributed by atoms with Crippen molar-refractivity contribution in [2.75, 3.05) is 25.6 Å². The molecule has 0 saturated carbocycles. The number of ether oxygens (including phenoxy) is 2. The summed E-state index contributed by atoms with van der Waals surface area (Å²) in [4.78, 5) is 4.30. The van der Waals surface area contributed by atoms with Gasteiger partial charge in [0.15, 0.2) is 0 Å². The Hall–Kier alpha value is -1.29. The fourth-order valence-electron chi connectivity index (χ4n) is 1.23. The lowest BCUT2D eigenvalue weighted by Gasteiger charge is -2.13. The van der Waals surface area contributed by atoms with Gasteiger partial charge in [-0.25, -0.2) is 0 Å². The molecule has 4 heteroatoms. The first-order valence-electron chi connectivity index (χ1n) is 5.12. The van der Waals surface area contributed by atoms with Gasteiger partial charge in [-0.15, -0.1) is 0 Å². The van der Waals surface area contributed by atoms with Crippen LogP contribution in [0.3, 0.4) is 0 Å². The molecular formula is C11H18N2O2. The van der Waals surface area contributed by atoms with Crippen molar-refractivity contribution in [3.8, 4) is 5.88 Å². The van der Waals surface area contributed by atoms with Crippen LogP contribution < -0.4 is 10.1 Å². The SMILES string of the molecule is CCNc1cccc(OC(C)COC)n1. The van der Waals surface area contributed by atoms with E-state index in [0.717, 1.165) is 12.4 Å². The van der Waals surface area contributed by atoms with Gasteiger partial charge in [0.2, 0.25) is 5.88 Å². The number of rotatable bonds is 6. The van der Waals surface area contributed by atoms with Crippen molar-refractivity contribution in [2.45, 2.75) is 20.0 Å². The molecule has 1 unspecified atom stereocenters. The van der Waals surface area contributed by atoms with E-state index in [1.54, 1.807) is 7.11 Å². The summed E-state index contributed by atoms with van der Waals surface area (Å²) in [6.07, 6.45) is 0.0133. The van der Waals surface area contributed by atoms with Crippen molar-refractivity contribution in [1.29, 1.82) is 0 Å². The highest BCUT2D eigenvalue weighted by Gasteiger charge is 2.04. The maximum absolute atomic E-state index is 5.57. The van der Waals surface area contributed by atoms with Crippen LogP contribution in [-0.4, -0.2) is 31.3 Å². The highest BCUT2D eigenvalue weighted by Crippen LogP contribution is 2.12. The van der Waals surface area contributed by atoms with Crippen molar-refractivity contribution < 1.29 is 9.47 Å². The fourth-order valence-corrected chi connectivity index (χ4v) is 1.23. The summed E-state index contributed by atoms with van der Waals surface area (Å²) < 4.78 is 10.6. The Morgan fingerprint density at radius 3 is 2.93 bits per heavy atom. The molecule has 1 aromatic heterocycles. The van der Waals surface area contributed by atoms with Gasteiger partial charge in [-0.2, -0.15) is 4.98 Å². The maximum atomic E-state index is 5.57. The zero-order valence-corrected chi connectivity index (χ0v) is 9.49. The Morgan fingerprint density at radius 2 is 2.27 bits per heavy atom. The third kappa shape index (κ3) is 4.16. The van der Waals surface area contributed by atoms with Crippen LogP contribution in [0.15, 0.2) is 18.2 Å². The molecule has 0 aliphatic rings. The monoisotopic (exact) mass is 210 g/mol. The van der Waals surface area contributed by atoms with E-state index in [0.29, 0.717) is 12.5 Å². The smallest absolute Gasteiger partial charge is 0.215 e. The summed E-state index contributed by atoms with van der Waals surface area (Å²) in [5.41, 5.74) is 0. The number of nitrogens with one attached hydrogen (secondary N) is 1. The number of methoxy groups -OCH3 is 1. The number of pyridine rings is 1. The predicted molar refractivity (Wildman–Crippen MR) is 60.4 cm³/mol. The number of nitrogens with zero attached hydrogens (tertiary/aromatic N) is 1. The summed E-state index contributed by atoms with van der Waals surface area (Å²) >= 11 is 0. The molecule has 4 nitrogen and oxygen atoms in total. The third-order valence-corrected chi connectivity index (χ3v) is 1.80. The molecule has 1 atom stereocenters. The van der Waals surface area contributed by atoms with Crippen LogP contribution in [0.25, 0.3) is 0 Å². The van der Waals surface area contributed by atoms with Crippen LogP contribution in [0.2, 0.25) is 0 Å². The molecule has 84 valence electrons. The molecule has 1 N–H and O–H groups in total. The number of hydrogen-bond donors (Lipinski definition) is 1. The second-order valence-electron chi connectivity index (χ2n) is 3.28. The van der Waals surface area contributed by atoms with E-state index < -0.39 is 0 Å². The number of aromatic nitrogens is 1. The Labute approximate surface area is 90.6 Å². The van der Waals surface area contributed by atoms with Crippen molar-refractivity contribution in [2.24, 2.45) is 0 Å². The van der Waals surface area contributed by atoms with Gasteiger partial charge in [0.05, 0.1) is 6.61 Å². The lowest BCUT2D eigenvalue weighted by atomic mass is 10.4. The average Bonchev–Trinajstić information content (AvgIpc) is 2.19. The molecule has 1 rings (SSSR count). The van der Waals surface area contributed by atoms with Gasteiger partial charge < -0.3 is 14.8 Å². The molecule has 0 radical (unpaired) electrons. The van der Waals surface area contributed by atoms with E-state index in [2.05, 4.69) is 10.3 Å². The topological polar surface area (TPSA) is 43.4 Å². The maximum Gasteiger partial charge on any atom is 0.215 e. The van der Waals surface area contributed by atoms with Crippen LogP contribution >= 0.6 is 0 Å². The standard InChI is InChI=1S/C11H18N2O2/c1-4-12-10-6-5-7-11(13-10)15-9(2)8-14-3/h5-7,9H,4,8H2,1-3H3,(H,12,13). The predicted octanol–water partition coefficient (Wildman–Crippen LogP) is 1.93. The minimum Gasteiger partial charge on any atom is -0.472 e. The molecule has 0 fully saturated rings. The molecule has 0 bridgehead atoms. The van der Waals surface area contributed by atoms with Gasteiger partial charge in [0, 0.05) is 19.7 Å². The van der Waals surface area contributed by atoms with Crippen LogP contribution in [0.4, 0.5) is 5.82 Å². The van der Waals surface area contributed by atoms with E-state index in [4.69, 9.17) is 9.47 Å². The fraction of sp³-hybridized carbons (Fsp3) is 0.545. The van der Waals surface area contributed by atoms with Crippen molar-refractivity contribution >= 4 is 5.82 Å². The van der Waals surface area contributed by atoms with Gasteiger partial charge in [-0.3, -0.25) is 0 Å². The second-order valence-corrected chi connectivity index (χ2v) is 3.28. The highest BCUT2D eigenvalue weighted by molar-refractivity contribution is 5.36. The number of hydrogen-bond acceptors (Lipinski definition) is 4. The van der Waals surface area contributed by atoms with E-state index in [-0.39, 0.29) is 6.10 Å². The Morgan fingerprint density at radius 1 is 1.47 bits per heavy atom. The largest absolute Gasteiger partial charge is 0.472 e. The first kappa shape index (κ1) is 11.8. The molecule has 0 saturated heterocycles. The third-order valence-electron chi connectivity index (χ3n) is 1.80. The minimum atomic E-state index is 0.0133. The van der Waals surface area contributed by atoms with Gasteiger partial charge >= 0.3 is 0 Å². The van der Waals surface area contributed by atoms with Gasteiger partial charge in [-0.05, 0) is 19.9 Å². The zero-order chi connectivity index (χ0) is 11.1. The minimum absolute atomic E-state index is 0.0133. The summed E-state index contributed by atoms with van der Waals surface area (Å²) in [5.74, 6) is 1.46. The highest BCUT2D eigenvalue weighted by atomic mass is 16.5. The van der Waals surface area contributed by atoms with Crippen LogP contribution in [0.5, 0.6) is 5.88 Å². The van der Waals surface area contributed by atoms with Crippen LogP contribution in [0.1, 0.15) is 13.8 Å². The molecule has 0 spiro atoms. The summed E-state index contributed by atoms with van der Waals surface area (Å²) in [6.45, 7) is 5.39. The van der Waals surface area contributed by atoms with Gasteiger partial charge in [-0.1, -0.05) is 6.07 Å². The summed E-state index contributed by atoms with van der Waals surface area (Å²) in [5, 5.41) is 3.13. The van der Waals surface area contributed by atoms with E-state index >= 15 is 0 Å². The molecule has 15 heavy (non-hydrogen) atoms. The molecular weight excluding hydrogens is 192 g/mol. The van der Waals surface area contributed by atoms with Gasteiger partial charge in [0.1, 0.15) is 11.9 Å². The van der Waals surface area contributed by atoms with Crippen molar-refractivity contribution in [3.63, 3.8) is 0 Å². The first-order chi connectivity index (χ1) is 7.26. The van der Waals surface area contributed by atoms with E-state index in [1.807, 2.05) is 32.0 Å². The number of anilines is 1. The average molecular weight is 210 g/mol. The normalized spacial score (nSPS) is 12.2. The molecule has 1 heterocycles. The molecule has 1 aromatic rings. The molecule has 0 aliphatic heterocycles. The van der Waals surface area contributed by atoms with E-state index in [1.165, 1.54) is 0 Å². The molecule has 0 aromatic carbocycles. The Kier molecular flexibility index (Phi) is 4.90. The Balaban J connectivity index is 2.56. The Bertz CT molecular complexity index is 292. The van der Waals surface area contributed by atoms with Crippen molar-refractivity contribution in [1.82, 2.24) is 4.98 Å². The van der Waals surface area contributed by atoms with Crippen LogP contribution in [-0.2, 0) is 4.74 Å². The molecule has 0 amide bonds. The molecule has 0 aliphatic carbocycles. The van der Waals surface area contributed by atoms with Crippen LogP contribution in [0, 0.1) is 0 Å². The van der Waals surface area contributed by atoms with E-state index in [9.17, 15) is 0 Å². The lowest BCUT2D eigenvalue weighted by Crippen LogP contribution is -2.18. The first-order valence-corrected chi connectivity index (χ1v) is 5.12. The lowest BCUT2D eigenvalue weighted by molar-refractivity contribution is 0.0891. The summed E-state index contributed by atoms with van der Waals surface area (Å²) in [7, 11) is 1.66.